The molecular formula is C18H14N2O5S. The maximum Gasteiger partial charge on any atom is 0.262 e. The summed E-state index contributed by atoms with van der Waals surface area (Å²) in [4.78, 5) is 11.4. The first-order valence-electron chi connectivity index (χ1n) is 7.74. The Morgan fingerprint density at radius 1 is 1.08 bits per heavy atom. The molecule has 26 heavy (non-hydrogen) atoms. The number of hydrogen-bond acceptors (Lipinski definition) is 5. The molecule has 3 N–H and O–H groups in total. The second-order valence-corrected chi connectivity index (χ2v) is 7.49. The van der Waals surface area contributed by atoms with Gasteiger partial charge in [-0.25, -0.2) is 8.42 Å². The van der Waals surface area contributed by atoms with E-state index in [2.05, 4.69) is 10.0 Å². The maximum absolute atomic E-state index is 12.8. The third kappa shape index (κ3) is 2.91. The highest BCUT2D eigenvalue weighted by Crippen LogP contribution is 2.32. The molecule has 0 fully saturated rings. The number of benzene rings is 3. The van der Waals surface area contributed by atoms with Gasteiger partial charge in [0.25, 0.3) is 15.9 Å². The number of fused-ring (bicyclic) bond motifs is 2. The number of carbonyl (C=O) groups excluding carboxylic acids is 1. The number of phenolic OH excluding ortho intramolecular Hbond substituents is 1. The smallest absolute Gasteiger partial charge is 0.262 e. The number of hydrogen-bond donors (Lipinski definition) is 3. The lowest BCUT2D eigenvalue weighted by Crippen LogP contribution is -2.25. The summed E-state index contributed by atoms with van der Waals surface area (Å²) in [5.74, 6) is 0.112. The molecule has 0 atom stereocenters. The van der Waals surface area contributed by atoms with Gasteiger partial charge in [0, 0.05) is 5.39 Å². The van der Waals surface area contributed by atoms with Gasteiger partial charge < -0.3 is 15.2 Å². The average Bonchev–Trinajstić information content (AvgIpc) is 2.61. The van der Waals surface area contributed by atoms with Crippen molar-refractivity contribution in [1.82, 2.24) is 0 Å². The van der Waals surface area contributed by atoms with E-state index in [0.717, 1.165) is 5.39 Å². The van der Waals surface area contributed by atoms with Gasteiger partial charge in [-0.1, -0.05) is 18.2 Å². The molecule has 0 unspecified atom stereocenters. The van der Waals surface area contributed by atoms with Crippen LogP contribution in [0.3, 0.4) is 0 Å². The lowest BCUT2D eigenvalue weighted by atomic mass is 10.1. The van der Waals surface area contributed by atoms with Gasteiger partial charge >= 0.3 is 0 Å². The first-order chi connectivity index (χ1) is 12.4. The van der Waals surface area contributed by atoms with E-state index in [1.807, 2.05) is 6.07 Å². The normalized spacial score (nSPS) is 13.6. The lowest BCUT2D eigenvalue weighted by molar-refractivity contribution is -0.118. The topological polar surface area (TPSA) is 105 Å². The number of carbonyl (C=O) groups is 1. The highest BCUT2D eigenvalue weighted by molar-refractivity contribution is 7.92. The largest absolute Gasteiger partial charge is 0.508 e. The molecule has 1 aliphatic heterocycles. The Morgan fingerprint density at radius 3 is 2.77 bits per heavy atom. The number of amides is 1. The van der Waals surface area contributed by atoms with Crippen LogP contribution in [0, 0.1) is 0 Å². The fourth-order valence-corrected chi connectivity index (χ4v) is 3.89. The molecule has 7 nitrogen and oxygen atoms in total. The van der Waals surface area contributed by atoms with Crippen LogP contribution in [0.25, 0.3) is 10.8 Å². The van der Waals surface area contributed by atoms with Crippen LogP contribution in [0.15, 0.2) is 59.5 Å². The zero-order chi connectivity index (χ0) is 18.3. The molecule has 0 saturated carbocycles. The summed E-state index contributed by atoms with van der Waals surface area (Å²) in [5.41, 5.74) is 0.649. The van der Waals surface area contributed by atoms with Gasteiger partial charge in [0.2, 0.25) is 0 Å². The Balaban J connectivity index is 1.74. The number of anilines is 2. The highest BCUT2D eigenvalue weighted by atomic mass is 32.2. The van der Waals surface area contributed by atoms with Gasteiger partial charge in [0.1, 0.15) is 11.5 Å². The minimum atomic E-state index is -3.91. The Morgan fingerprint density at radius 2 is 1.92 bits per heavy atom. The van der Waals surface area contributed by atoms with Crippen molar-refractivity contribution in [3.05, 3.63) is 54.6 Å². The number of rotatable bonds is 3. The zero-order valence-electron chi connectivity index (χ0n) is 13.4. The van der Waals surface area contributed by atoms with Crippen LogP contribution < -0.4 is 14.8 Å². The molecule has 0 spiro atoms. The van der Waals surface area contributed by atoms with Crippen LogP contribution in [0.4, 0.5) is 11.4 Å². The summed E-state index contributed by atoms with van der Waals surface area (Å²) in [6.45, 7) is -0.100. The Hall–Kier alpha value is -3.26. The van der Waals surface area contributed by atoms with Crippen molar-refractivity contribution >= 4 is 38.1 Å². The molecule has 0 aromatic heterocycles. The van der Waals surface area contributed by atoms with Crippen LogP contribution in [0.1, 0.15) is 0 Å². The molecule has 1 amide bonds. The van der Waals surface area contributed by atoms with Gasteiger partial charge in [-0.2, -0.15) is 0 Å². The van der Waals surface area contributed by atoms with E-state index in [1.165, 1.54) is 30.3 Å². The van der Waals surface area contributed by atoms with E-state index in [9.17, 15) is 18.3 Å². The van der Waals surface area contributed by atoms with Crippen LogP contribution in [-0.2, 0) is 14.8 Å². The van der Waals surface area contributed by atoms with Crippen LogP contribution in [0.2, 0.25) is 0 Å². The average molecular weight is 370 g/mol. The van der Waals surface area contributed by atoms with Gasteiger partial charge in [0.15, 0.2) is 6.61 Å². The Labute approximate surface area is 149 Å². The van der Waals surface area contributed by atoms with Crippen molar-refractivity contribution in [3.8, 4) is 11.5 Å². The molecule has 1 heterocycles. The molecule has 132 valence electrons. The van der Waals surface area contributed by atoms with Crippen molar-refractivity contribution in [2.24, 2.45) is 0 Å². The molecule has 8 heteroatoms. The Bertz CT molecular complexity index is 1140. The van der Waals surface area contributed by atoms with E-state index in [0.29, 0.717) is 22.5 Å². The SMILES string of the molecule is O=C1COc2ccc(S(=O)(=O)Nc3cccc4ccc(O)cc34)cc2N1. The van der Waals surface area contributed by atoms with Gasteiger partial charge in [0.05, 0.1) is 16.3 Å². The highest BCUT2D eigenvalue weighted by Gasteiger charge is 2.21. The number of nitrogens with one attached hydrogen (secondary N) is 2. The van der Waals surface area contributed by atoms with Crippen LogP contribution >= 0.6 is 0 Å². The fourth-order valence-electron chi connectivity index (χ4n) is 2.78. The summed E-state index contributed by atoms with van der Waals surface area (Å²) in [5, 5.41) is 13.6. The maximum atomic E-state index is 12.8. The van der Waals surface area contributed by atoms with E-state index >= 15 is 0 Å². The van der Waals surface area contributed by atoms with Crippen molar-refractivity contribution in [1.29, 1.82) is 0 Å². The number of aromatic hydroxyl groups is 1. The van der Waals surface area contributed by atoms with Crippen molar-refractivity contribution in [2.45, 2.75) is 4.90 Å². The van der Waals surface area contributed by atoms with Gasteiger partial charge in [-0.05, 0) is 41.8 Å². The van der Waals surface area contributed by atoms with Gasteiger partial charge in [-0.15, -0.1) is 0 Å². The van der Waals surface area contributed by atoms with Crippen LogP contribution in [-0.4, -0.2) is 26.0 Å². The number of phenols is 1. The molecule has 0 aliphatic carbocycles. The summed E-state index contributed by atoms with van der Waals surface area (Å²) < 4.78 is 33.3. The number of sulfonamides is 1. The van der Waals surface area contributed by atoms with E-state index < -0.39 is 10.0 Å². The molecular weight excluding hydrogens is 356 g/mol. The molecule has 4 rings (SSSR count). The molecule has 3 aromatic rings. The molecule has 3 aromatic carbocycles. The summed E-state index contributed by atoms with van der Waals surface area (Å²) in [7, 11) is -3.91. The number of ether oxygens (including phenoxy) is 1. The fraction of sp³-hybridized carbons (Fsp3) is 0.0556. The summed E-state index contributed by atoms with van der Waals surface area (Å²) >= 11 is 0. The minimum Gasteiger partial charge on any atom is -0.508 e. The minimum absolute atomic E-state index is 0.0146. The van der Waals surface area contributed by atoms with Crippen molar-refractivity contribution in [3.63, 3.8) is 0 Å². The third-order valence-corrected chi connectivity index (χ3v) is 5.37. The van der Waals surface area contributed by atoms with Crippen molar-refractivity contribution in [2.75, 3.05) is 16.6 Å². The quantitative estimate of drug-likeness (QED) is 0.657. The van der Waals surface area contributed by atoms with Crippen LogP contribution in [0.5, 0.6) is 11.5 Å². The molecule has 0 saturated heterocycles. The third-order valence-electron chi connectivity index (χ3n) is 4.00. The molecule has 1 aliphatic rings. The zero-order valence-corrected chi connectivity index (χ0v) is 14.2. The Kier molecular flexibility index (Phi) is 3.69. The second-order valence-electron chi connectivity index (χ2n) is 5.81. The summed E-state index contributed by atoms with van der Waals surface area (Å²) in [6, 6.07) is 14.1. The van der Waals surface area contributed by atoms with E-state index in [4.69, 9.17) is 4.74 Å². The first-order valence-corrected chi connectivity index (χ1v) is 9.22. The van der Waals surface area contributed by atoms with E-state index in [1.54, 1.807) is 18.2 Å². The lowest BCUT2D eigenvalue weighted by Gasteiger charge is -2.19. The molecule has 0 bridgehead atoms. The molecule has 0 radical (unpaired) electrons. The van der Waals surface area contributed by atoms with E-state index in [-0.39, 0.29) is 23.2 Å². The summed E-state index contributed by atoms with van der Waals surface area (Å²) in [6.07, 6.45) is 0. The standard InChI is InChI=1S/C18H14N2O5S/c21-12-5-4-11-2-1-3-15(14(11)8-12)20-26(23,24)13-6-7-17-16(9-13)19-18(22)10-25-17/h1-9,20-21H,10H2,(H,19,22). The second kappa shape index (κ2) is 5.92. The van der Waals surface area contributed by atoms with Crippen molar-refractivity contribution < 1.29 is 23.1 Å². The predicted molar refractivity (Wildman–Crippen MR) is 97.0 cm³/mol. The van der Waals surface area contributed by atoms with Gasteiger partial charge in [-0.3, -0.25) is 9.52 Å². The monoisotopic (exact) mass is 370 g/mol. The first kappa shape index (κ1) is 16.2. The predicted octanol–water partition coefficient (Wildman–Crippen LogP) is 2.68.